The fourth-order valence-corrected chi connectivity index (χ4v) is 3.12. The van der Waals surface area contributed by atoms with E-state index in [1.807, 2.05) is 12.1 Å². The van der Waals surface area contributed by atoms with Gasteiger partial charge in [-0.2, -0.15) is 0 Å². The van der Waals surface area contributed by atoms with Gasteiger partial charge in [-0.3, -0.25) is 4.79 Å². The van der Waals surface area contributed by atoms with Crippen molar-refractivity contribution in [3.05, 3.63) is 54.1 Å². The zero-order chi connectivity index (χ0) is 20.9. The molecule has 7 heteroatoms. The van der Waals surface area contributed by atoms with Gasteiger partial charge in [0, 0.05) is 5.69 Å². The maximum absolute atomic E-state index is 12.5. The number of carbonyl (C=O) groups excluding carboxylic acids is 1. The third-order valence-electron chi connectivity index (χ3n) is 4.65. The molecule has 0 saturated carbocycles. The summed E-state index contributed by atoms with van der Waals surface area (Å²) in [5, 5.41) is 11.1. The fraction of sp³-hybridized carbons (Fsp3) is 0.409. The molecule has 3 aromatic rings. The number of nitrogens with one attached hydrogen (secondary N) is 2. The Kier molecular flexibility index (Phi) is 6.49. The average molecular weight is 397 g/mol. The van der Waals surface area contributed by atoms with Crippen LogP contribution in [0.4, 0.5) is 5.69 Å². The first-order chi connectivity index (χ1) is 13.8. The molecule has 1 atom stereocenters. The Hall–Kier alpha value is -2.93. The molecule has 29 heavy (non-hydrogen) atoms. The summed E-state index contributed by atoms with van der Waals surface area (Å²) in [7, 11) is 0. The molecule has 0 spiro atoms. The first kappa shape index (κ1) is 20.8. The fourth-order valence-electron chi connectivity index (χ4n) is 3.12. The summed E-state index contributed by atoms with van der Waals surface area (Å²) in [5.74, 6) is 1.34. The number of hydrogen-bond donors (Lipinski definition) is 2. The van der Waals surface area contributed by atoms with Gasteiger partial charge >= 0.3 is 0 Å². The van der Waals surface area contributed by atoms with E-state index < -0.39 is 0 Å². The number of quaternary nitrogens is 1. The zero-order valence-corrected chi connectivity index (χ0v) is 17.5. The Morgan fingerprint density at radius 3 is 2.52 bits per heavy atom. The summed E-state index contributed by atoms with van der Waals surface area (Å²) in [5.41, 5.74) is 2.12. The van der Waals surface area contributed by atoms with Crippen LogP contribution in [0.3, 0.4) is 0 Å². The van der Waals surface area contributed by atoms with E-state index in [0.717, 1.165) is 23.6 Å². The molecule has 2 heterocycles. The van der Waals surface area contributed by atoms with E-state index in [4.69, 9.17) is 8.83 Å². The van der Waals surface area contributed by atoms with Crippen molar-refractivity contribution in [2.75, 3.05) is 18.4 Å². The lowest BCUT2D eigenvalue weighted by atomic mass is 9.87. The van der Waals surface area contributed by atoms with Crippen molar-refractivity contribution < 1.29 is 18.5 Å². The van der Waals surface area contributed by atoms with Gasteiger partial charge in [-0.15, -0.1) is 10.2 Å². The van der Waals surface area contributed by atoms with Crippen LogP contribution in [0.15, 0.2) is 51.5 Å². The van der Waals surface area contributed by atoms with Crippen molar-refractivity contribution >= 4 is 11.6 Å². The summed E-state index contributed by atoms with van der Waals surface area (Å²) in [6.07, 6.45) is 2.51. The van der Waals surface area contributed by atoms with Crippen LogP contribution in [0.2, 0.25) is 0 Å². The Morgan fingerprint density at radius 2 is 1.90 bits per heavy atom. The number of hydrogen-bond acceptors (Lipinski definition) is 5. The zero-order valence-electron chi connectivity index (χ0n) is 17.5. The third kappa shape index (κ3) is 5.77. The van der Waals surface area contributed by atoms with Crippen LogP contribution in [0.5, 0.6) is 0 Å². The van der Waals surface area contributed by atoms with Gasteiger partial charge in [-0.05, 0) is 41.7 Å². The van der Waals surface area contributed by atoms with Crippen molar-refractivity contribution in [3.63, 3.8) is 0 Å². The third-order valence-corrected chi connectivity index (χ3v) is 4.65. The monoisotopic (exact) mass is 397 g/mol. The highest BCUT2D eigenvalue weighted by atomic mass is 16.4. The second-order valence-corrected chi connectivity index (χ2v) is 8.21. The second kappa shape index (κ2) is 9.05. The van der Waals surface area contributed by atoms with Crippen molar-refractivity contribution in [1.29, 1.82) is 0 Å². The summed E-state index contributed by atoms with van der Waals surface area (Å²) in [4.78, 5) is 13.6. The summed E-state index contributed by atoms with van der Waals surface area (Å²) in [6, 6.07) is 11.6. The van der Waals surface area contributed by atoms with E-state index in [9.17, 15) is 4.79 Å². The smallest absolute Gasteiger partial charge is 0.283 e. The number of furan rings is 1. The first-order valence-electron chi connectivity index (χ1n) is 9.95. The summed E-state index contributed by atoms with van der Waals surface area (Å²) >= 11 is 0. The predicted octanol–water partition coefficient (Wildman–Crippen LogP) is 3.06. The van der Waals surface area contributed by atoms with Crippen LogP contribution in [-0.4, -0.2) is 29.2 Å². The van der Waals surface area contributed by atoms with Crippen LogP contribution >= 0.6 is 0 Å². The number of aromatic nitrogens is 2. The average Bonchev–Trinajstić information content (AvgIpc) is 3.33. The summed E-state index contributed by atoms with van der Waals surface area (Å²) < 4.78 is 11.0. The lowest BCUT2D eigenvalue weighted by Crippen LogP contribution is -3.11. The Morgan fingerprint density at radius 1 is 1.14 bits per heavy atom. The van der Waals surface area contributed by atoms with E-state index >= 15 is 0 Å². The van der Waals surface area contributed by atoms with Crippen LogP contribution in [0, 0.1) is 0 Å². The Balaban J connectivity index is 1.59. The molecule has 2 aromatic heterocycles. The molecule has 154 valence electrons. The number of nitrogens with zero attached hydrogens (tertiary/aromatic N) is 2. The van der Waals surface area contributed by atoms with Gasteiger partial charge in [0.25, 0.3) is 17.7 Å². The molecule has 0 aliphatic carbocycles. The molecule has 0 saturated heterocycles. The molecule has 0 aliphatic rings. The van der Waals surface area contributed by atoms with E-state index in [1.54, 1.807) is 18.4 Å². The van der Waals surface area contributed by atoms with E-state index in [1.165, 1.54) is 5.56 Å². The molecular weight excluding hydrogens is 368 g/mol. The number of benzene rings is 1. The maximum Gasteiger partial charge on any atom is 0.283 e. The molecule has 0 fully saturated rings. The molecule has 1 unspecified atom stereocenters. The van der Waals surface area contributed by atoms with Crippen LogP contribution in [0.25, 0.3) is 11.7 Å². The van der Waals surface area contributed by atoms with Gasteiger partial charge in [0.15, 0.2) is 18.8 Å². The summed E-state index contributed by atoms with van der Waals surface area (Å²) in [6.45, 7) is 10.2. The highest BCUT2D eigenvalue weighted by Crippen LogP contribution is 2.23. The number of amides is 1. The van der Waals surface area contributed by atoms with Crippen LogP contribution < -0.4 is 10.2 Å². The highest BCUT2D eigenvalue weighted by molar-refractivity contribution is 5.91. The van der Waals surface area contributed by atoms with Gasteiger partial charge in [0.2, 0.25) is 0 Å². The van der Waals surface area contributed by atoms with Crippen LogP contribution in [-0.2, 0) is 16.8 Å². The topological polar surface area (TPSA) is 85.6 Å². The molecule has 0 radical (unpaired) electrons. The van der Waals surface area contributed by atoms with Gasteiger partial charge in [0.1, 0.15) is 0 Å². The SMILES string of the molecule is CCC[NH+](CC(=O)Nc1ccc(C(C)(C)C)cc1)Cc1nnc(-c2ccco2)o1. The second-order valence-electron chi connectivity index (χ2n) is 8.21. The van der Waals surface area contributed by atoms with Crippen molar-refractivity contribution in [2.45, 2.75) is 46.1 Å². The molecule has 0 bridgehead atoms. The van der Waals surface area contributed by atoms with Crippen LogP contribution in [0.1, 0.15) is 45.6 Å². The molecule has 0 aliphatic heterocycles. The van der Waals surface area contributed by atoms with Crippen molar-refractivity contribution in [3.8, 4) is 11.7 Å². The molecule has 7 nitrogen and oxygen atoms in total. The number of anilines is 1. The lowest BCUT2D eigenvalue weighted by Gasteiger charge is -2.19. The molecule has 1 amide bonds. The molecule has 1 aromatic carbocycles. The molecular formula is C22H29N4O3+. The minimum Gasteiger partial charge on any atom is -0.459 e. The molecule has 3 rings (SSSR count). The number of rotatable bonds is 8. The van der Waals surface area contributed by atoms with E-state index in [-0.39, 0.29) is 11.3 Å². The standard InChI is InChI=1S/C22H28N4O3/c1-5-12-26(15-20-24-25-21(29-20)18-7-6-13-28-18)14-19(27)23-17-10-8-16(9-11-17)22(2,3)4/h6-11,13H,5,12,14-15H2,1-4H3,(H,23,27)/p+1. The van der Waals surface area contributed by atoms with Gasteiger partial charge in [-0.25, -0.2) is 0 Å². The minimum absolute atomic E-state index is 0.0391. The number of carbonyl (C=O) groups is 1. The van der Waals surface area contributed by atoms with Gasteiger partial charge < -0.3 is 19.1 Å². The Bertz CT molecular complexity index is 908. The largest absolute Gasteiger partial charge is 0.459 e. The van der Waals surface area contributed by atoms with E-state index in [0.29, 0.717) is 30.6 Å². The van der Waals surface area contributed by atoms with Gasteiger partial charge in [0.05, 0.1) is 12.8 Å². The minimum atomic E-state index is -0.0391. The van der Waals surface area contributed by atoms with Crippen molar-refractivity contribution in [2.24, 2.45) is 0 Å². The van der Waals surface area contributed by atoms with Crippen molar-refractivity contribution in [1.82, 2.24) is 10.2 Å². The molecule has 2 N–H and O–H groups in total. The van der Waals surface area contributed by atoms with Gasteiger partial charge in [-0.1, -0.05) is 39.8 Å². The van der Waals surface area contributed by atoms with E-state index in [2.05, 4.69) is 55.3 Å². The quantitative estimate of drug-likeness (QED) is 0.610. The highest BCUT2D eigenvalue weighted by Gasteiger charge is 2.19. The Labute approximate surface area is 171 Å². The lowest BCUT2D eigenvalue weighted by molar-refractivity contribution is -0.907. The normalized spacial score (nSPS) is 12.7. The maximum atomic E-state index is 12.5. The first-order valence-corrected chi connectivity index (χ1v) is 9.95. The predicted molar refractivity (Wildman–Crippen MR) is 110 cm³/mol.